The number of anilines is 1. The minimum atomic E-state index is 0.153. The van der Waals surface area contributed by atoms with Crippen LogP contribution in [-0.2, 0) is 0 Å². The van der Waals surface area contributed by atoms with Gasteiger partial charge in [-0.1, -0.05) is 12.8 Å². The van der Waals surface area contributed by atoms with Gasteiger partial charge in [0.05, 0.1) is 5.69 Å². The summed E-state index contributed by atoms with van der Waals surface area (Å²) in [4.78, 5) is 0. The van der Waals surface area contributed by atoms with Crippen LogP contribution in [-0.4, -0.2) is 11.5 Å². The SMILES string of the molecule is CC1(NC2=NSc3sccc3N2Cl)CCCC1. The summed E-state index contributed by atoms with van der Waals surface area (Å²) in [5, 5.41) is 5.55. The lowest BCUT2D eigenvalue weighted by molar-refractivity contribution is 0.430. The van der Waals surface area contributed by atoms with E-state index in [4.69, 9.17) is 11.8 Å². The molecule has 0 atom stereocenters. The van der Waals surface area contributed by atoms with Gasteiger partial charge in [0, 0.05) is 29.3 Å². The van der Waals surface area contributed by atoms with Crippen molar-refractivity contribution < 1.29 is 0 Å². The maximum Gasteiger partial charge on any atom is 0.226 e. The molecule has 0 unspecified atom stereocenters. The van der Waals surface area contributed by atoms with Gasteiger partial charge in [-0.05, 0) is 31.2 Å². The molecular formula is C11H14ClN3S2. The van der Waals surface area contributed by atoms with Crippen LogP contribution >= 0.6 is 35.1 Å². The van der Waals surface area contributed by atoms with Gasteiger partial charge >= 0.3 is 0 Å². The summed E-state index contributed by atoms with van der Waals surface area (Å²) < 4.78 is 7.26. The van der Waals surface area contributed by atoms with Crippen LogP contribution in [0.3, 0.4) is 0 Å². The van der Waals surface area contributed by atoms with Gasteiger partial charge in [-0.2, -0.15) is 4.40 Å². The van der Waals surface area contributed by atoms with E-state index in [1.54, 1.807) is 15.8 Å². The standard InChI is InChI=1S/C11H14ClN3S2/c1-11(5-2-3-6-11)13-10-14-17-9-8(15(10)12)4-7-16-9/h4,7H,2-3,5-6H2,1H3,(H,13,14). The number of rotatable bonds is 1. The van der Waals surface area contributed by atoms with E-state index in [0.29, 0.717) is 0 Å². The predicted octanol–water partition coefficient (Wildman–Crippen LogP) is 4.01. The van der Waals surface area contributed by atoms with Gasteiger partial charge < -0.3 is 5.32 Å². The summed E-state index contributed by atoms with van der Waals surface area (Å²) in [6, 6.07) is 2.04. The van der Waals surface area contributed by atoms with Gasteiger partial charge in [-0.15, -0.1) is 11.3 Å². The first-order valence-corrected chi connectivity index (χ1v) is 7.74. The van der Waals surface area contributed by atoms with Crippen molar-refractivity contribution in [3.05, 3.63) is 11.4 Å². The van der Waals surface area contributed by atoms with Crippen molar-refractivity contribution >= 4 is 46.7 Å². The second-order valence-corrected chi connectivity index (χ2v) is 7.06. The summed E-state index contributed by atoms with van der Waals surface area (Å²) in [5.41, 5.74) is 1.20. The van der Waals surface area contributed by atoms with E-state index >= 15 is 0 Å². The van der Waals surface area contributed by atoms with Crippen LogP contribution in [0.25, 0.3) is 0 Å². The first kappa shape index (κ1) is 11.7. The molecule has 0 radical (unpaired) electrons. The van der Waals surface area contributed by atoms with E-state index in [1.807, 2.05) is 11.4 Å². The lowest BCUT2D eigenvalue weighted by Crippen LogP contribution is -2.49. The molecule has 0 bridgehead atoms. The van der Waals surface area contributed by atoms with E-state index in [1.165, 1.54) is 37.6 Å². The maximum absolute atomic E-state index is 6.33. The van der Waals surface area contributed by atoms with E-state index in [2.05, 4.69) is 16.6 Å². The summed E-state index contributed by atoms with van der Waals surface area (Å²) >= 11 is 9.51. The number of hydrogen-bond acceptors (Lipinski definition) is 5. The quantitative estimate of drug-likeness (QED) is 0.625. The molecule has 1 aromatic heterocycles. The predicted molar refractivity (Wildman–Crippen MR) is 76.0 cm³/mol. The van der Waals surface area contributed by atoms with Crippen molar-refractivity contribution in [3.8, 4) is 0 Å². The van der Waals surface area contributed by atoms with E-state index in [-0.39, 0.29) is 5.54 Å². The highest BCUT2D eigenvalue weighted by molar-refractivity contribution is 8.00. The minimum Gasteiger partial charge on any atom is -0.349 e. The minimum absolute atomic E-state index is 0.153. The molecule has 1 aliphatic heterocycles. The Morgan fingerprint density at radius 1 is 1.47 bits per heavy atom. The average molecular weight is 288 g/mol. The first-order valence-electron chi connectivity index (χ1n) is 5.75. The second-order valence-electron chi connectivity index (χ2n) is 4.77. The van der Waals surface area contributed by atoms with Crippen molar-refractivity contribution in [1.82, 2.24) is 5.32 Å². The van der Waals surface area contributed by atoms with Crippen molar-refractivity contribution in [2.75, 3.05) is 4.42 Å². The van der Waals surface area contributed by atoms with Crippen LogP contribution in [0.1, 0.15) is 32.6 Å². The zero-order valence-corrected chi connectivity index (χ0v) is 12.0. The van der Waals surface area contributed by atoms with Crippen LogP contribution in [0.15, 0.2) is 20.1 Å². The normalized spacial score (nSPS) is 22.2. The molecule has 1 saturated carbocycles. The highest BCUT2D eigenvalue weighted by Crippen LogP contribution is 2.41. The second kappa shape index (κ2) is 4.37. The Hall–Kier alpha value is -0.390. The number of hydrogen-bond donors (Lipinski definition) is 1. The van der Waals surface area contributed by atoms with Gasteiger partial charge in [0.25, 0.3) is 0 Å². The van der Waals surface area contributed by atoms with Crippen LogP contribution in [0.4, 0.5) is 5.69 Å². The molecule has 0 aromatic carbocycles. The van der Waals surface area contributed by atoms with Gasteiger partial charge in [0.1, 0.15) is 4.21 Å². The molecule has 3 rings (SSSR count). The molecule has 2 aliphatic rings. The third-order valence-corrected chi connectivity index (χ3v) is 5.53. The lowest BCUT2D eigenvalue weighted by atomic mass is 10.0. The number of thiophene rings is 1. The largest absolute Gasteiger partial charge is 0.349 e. The zero-order chi connectivity index (χ0) is 11.9. The third-order valence-electron chi connectivity index (χ3n) is 3.34. The number of fused-ring (bicyclic) bond motifs is 1. The fraction of sp³-hybridized carbons (Fsp3) is 0.545. The molecule has 0 spiro atoms. The van der Waals surface area contributed by atoms with Gasteiger partial charge in [-0.25, -0.2) is 4.42 Å². The summed E-state index contributed by atoms with van der Waals surface area (Å²) in [6.07, 6.45) is 4.96. The van der Waals surface area contributed by atoms with Gasteiger partial charge in [-0.3, -0.25) is 0 Å². The number of nitrogens with one attached hydrogen (secondary N) is 1. The van der Waals surface area contributed by atoms with Crippen LogP contribution in [0.5, 0.6) is 0 Å². The molecule has 2 heterocycles. The highest BCUT2D eigenvalue weighted by Gasteiger charge is 2.32. The van der Waals surface area contributed by atoms with E-state index < -0.39 is 0 Å². The first-order chi connectivity index (χ1) is 8.18. The lowest BCUT2D eigenvalue weighted by Gasteiger charge is -2.31. The van der Waals surface area contributed by atoms with Crippen molar-refractivity contribution in [2.45, 2.75) is 42.4 Å². The summed E-state index contributed by atoms with van der Waals surface area (Å²) in [7, 11) is 0. The molecule has 3 nitrogen and oxygen atoms in total. The fourth-order valence-electron chi connectivity index (χ4n) is 2.36. The van der Waals surface area contributed by atoms with E-state index in [9.17, 15) is 0 Å². The molecule has 17 heavy (non-hydrogen) atoms. The summed E-state index contributed by atoms with van der Waals surface area (Å²) in [5.74, 6) is 0.770. The molecule has 6 heteroatoms. The molecule has 1 aliphatic carbocycles. The van der Waals surface area contributed by atoms with Crippen molar-refractivity contribution in [3.63, 3.8) is 0 Å². The smallest absolute Gasteiger partial charge is 0.226 e. The molecule has 0 amide bonds. The summed E-state index contributed by atoms with van der Waals surface area (Å²) in [6.45, 7) is 2.25. The fourth-order valence-corrected chi connectivity index (χ4v) is 4.33. The van der Waals surface area contributed by atoms with Crippen molar-refractivity contribution in [1.29, 1.82) is 0 Å². The van der Waals surface area contributed by atoms with Gasteiger partial charge in [0.15, 0.2) is 0 Å². The van der Waals surface area contributed by atoms with Crippen LogP contribution < -0.4 is 9.74 Å². The highest BCUT2D eigenvalue weighted by atomic mass is 35.5. The van der Waals surface area contributed by atoms with Crippen LogP contribution in [0.2, 0.25) is 0 Å². The van der Waals surface area contributed by atoms with Crippen molar-refractivity contribution in [2.24, 2.45) is 4.40 Å². The van der Waals surface area contributed by atoms with Crippen LogP contribution in [0, 0.1) is 0 Å². The Bertz CT molecular complexity index is 451. The molecular weight excluding hydrogens is 274 g/mol. The third kappa shape index (κ3) is 2.16. The average Bonchev–Trinajstić information content (AvgIpc) is 2.92. The Balaban J connectivity index is 1.79. The zero-order valence-electron chi connectivity index (χ0n) is 9.57. The molecule has 92 valence electrons. The number of guanidine groups is 1. The molecule has 1 N–H and O–H groups in total. The Labute approximate surface area is 114 Å². The van der Waals surface area contributed by atoms with E-state index in [0.717, 1.165) is 15.9 Å². The molecule has 0 saturated heterocycles. The number of nitrogens with zero attached hydrogens (tertiary/aromatic N) is 2. The number of halogens is 1. The molecule has 1 fully saturated rings. The topological polar surface area (TPSA) is 27.6 Å². The Morgan fingerprint density at radius 3 is 3.00 bits per heavy atom. The van der Waals surface area contributed by atoms with Gasteiger partial charge in [0.2, 0.25) is 5.96 Å². The Kier molecular flexibility index (Phi) is 3.00. The maximum atomic E-state index is 6.33. The monoisotopic (exact) mass is 287 g/mol. The molecule has 1 aromatic rings. The Morgan fingerprint density at radius 2 is 2.24 bits per heavy atom.